The van der Waals surface area contributed by atoms with Gasteiger partial charge in [-0.25, -0.2) is 9.18 Å². The van der Waals surface area contributed by atoms with Gasteiger partial charge in [0.25, 0.3) is 0 Å². The molecule has 0 bridgehead atoms. The van der Waals surface area contributed by atoms with E-state index in [1.807, 2.05) is 0 Å². The maximum atomic E-state index is 15.2. The molecule has 194 valence electrons. The summed E-state index contributed by atoms with van der Waals surface area (Å²) in [4.78, 5) is 38.3. The van der Waals surface area contributed by atoms with Crippen LogP contribution in [0, 0.1) is 11.7 Å². The lowest BCUT2D eigenvalue weighted by atomic mass is 9.87. The van der Waals surface area contributed by atoms with Crippen molar-refractivity contribution in [3.05, 3.63) is 52.8 Å². The maximum absolute atomic E-state index is 15.2. The van der Waals surface area contributed by atoms with Gasteiger partial charge in [-0.3, -0.25) is 9.59 Å². The normalized spacial score (nSPS) is 14.4. The molecule has 1 fully saturated rings. The Morgan fingerprint density at radius 2 is 1.72 bits per heavy atom. The van der Waals surface area contributed by atoms with Crippen molar-refractivity contribution in [1.82, 2.24) is 0 Å². The van der Waals surface area contributed by atoms with Crippen molar-refractivity contribution in [2.45, 2.75) is 58.2 Å². The van der Waals surface area contributed by atoms with E-state index in [9.17, 15) is 27.6 Å². The molecule has 1 aliphatic rings. The summed E-state index contributed by atoms with van der Waals surface area (Å²) >= 11 is 0. The zero-order valence-electron chi connectivity index (χ0n) is 20.2. The minimum Gasteiger partial charge on any atom is -0.465 e. The van der Waals surface area contributed by atoms with E-state index in [2.05, 4.69) is 0 Å². The van der Waals surface area contributed by atoms with Gasteiger partial charge in [-0.2, -0.15) is 13.2 Å². The maximum Gasteiger partial charge on any atom is 0.420 e. The topological polar surface area (TPSA) is 72.9 Å². The molecule has 0 N–H and O–H groups in total. The SMILES string of the molecule is COC(=O)c1cc(Oc2ccc(C=O)cc2C(F)(F)F)c(F)cc1N(C(=O)C1CCCCC1)C(C)C. The van der Waals surface area contributed by atoms with Gasteiger partial charge in [0.1, 0.15) is 12.0 Å². The van der Waals surface area contributed by atoms with E-state index in [1.165, 1.54) is 4.90 Å². The molecular formula is C26H27F4NO5. The predicted molar refractivity (Wildman–Crippen MR) is 124 cm³/mol. The Kier molecular flexibility index (Phi) is 8.37. The van der Waals surface area contributed by atoms with Crippen molar-refractivity contribution < 1.29 is 41.4 Å². The molecule has 1 amide bonds. The number of rotatable bonds is 7. The van der Waals surface area contributed by atoms with Crippen LogP contribution in [0.2, 0.25) is 0 Å². The summed E-state index contributed by atoms with van der Waals surface area (Å²) in [5.74, 6) is -3.95. The van der Waals surface area contributed by atoms with Crippen LogP contribution in [0.3, 0.4) is 0 Å². The lowest BCUT2D eigenvalue weighted by Crippen LogP contribution is -2.42. The molecule has 10 heteroatoms. The Labute approximate surface area is 206 Å². The average Bonchev–Trinajstić information content (AvgIpc) is 2.85. The first-order valence-electron chi connectivity index (χ1n) is 11.6. The summed E-state index contributed by atoms with van der Waals surface area (Å²) in [6.07, 6.45) is -0.500. The van der Waals surface area contributed by atoms with Crippen LogP contribution in [0.1, 0.15) is 72.2 Å². The molecular weight excluding hydrogens is 482 g/mol. The fourth-order valence-corrected chi connectivity index (χ4v) is 4.34. The molecule has 36 heavy (non-hydrogen) atoms. The number of anilines is 1. The Balaban J connectivity index is 2.09. The first-order valence-corrected chi connectivity index (χ1v) is 11.6. The fraction of sp³-hybridized carbons (Fsp3) is 0.423. The number of hydrogen-bond acceptors (Lipinski definition) is 5. The monoisotopic (exact) mass is 509 g/mol. The van der Waals surface area contributed by atoms with Gasteiger partial charge in [-0.1, -0.05) is 19.3 Å². The lowest BCUT2D eigenvalue weighted by molar-refractivity contribution is -0.138. The zero-order valence-corrected chi connectivity index (χ0v) is 20.2. The quantitative estimate of drug-likeness (QED) is 0.240. The van der Waals surface area contributed by atoms with E-state index in [1.54, 1.807) is 13.8 Å². The van der Waals surface area contributed by atoms with E-state index in [0.29, 0.717) is 18.9 Å². The van der Waals surface area contributed by atoms with Gasteiger partial charge in [0.2, 0.25) is 5.91 Å². The molecule has 0 aromatic heterocycles. The third kappa shape index (κ3) is 5.85. The number of methoxy groups -OCH3 is 1. The average molecular weight is 509 g/mol. The van der Waals surface area contributed by atoms with Crippen LogP contribution in [0.15, 0.2) is 30.3 Å². The second-order valence-corrected chi connectivity index (χ2v) is 8.90. The standard InChI is InChI=1S/C26H27F4NO5/c1-15(2)31(24(33)17-7-5-4-6-8-17)21-13-20(27)23(12-18(21)25(34)35-3)36-22-10-9-16(14-32)11-19(22)26(28,29)30/h9-15,17H,4-8H2,1-3H3. The first-order chi connectivity index (χ1) is 17.0. The van der Waals surface area contributed by atoms with Crippen molar-refractivity contribution >= 4 is 23.9 Å². The molecule has 0 unspecified atom stereocenters. The lowest BCUT2D eigenvalue weighted by Gasteiger charge is -2.33. The second kappa shape index (κ2) is 11.1. The van der Waals surface area contributed by atoms with Gasteiger partial charge in [-0.15, -0.1) is 0 Å². The number of alkyl halides is 3. The van der Waals surface area contributed by atoms with E-state index < -0.39 is 41.1 Å². The summed E-state index contributed by atoms with van der Waals surface area (Å²) < 4.78 is 65.9. The highest BCUT2D eigenvalue weighted by Crippen LogP contribution is 2.41. The third-order valence-electron chi connectivity index (χ3n) is 6.09. The van der Waals surface area contributed by atoms with Gasteiger partial charge in [-0.05, 0) is 44.9 Å². The minimum atomic E-state index is -4.89. The van der Waals surface area contributed by atoms with E-state index in [-0.39, 0.29) is 34.9 Å². The van der Waals surface area contributed by atoms with Gasteiger partial charge < -0.3 is 14.4 Å². The number of ether oxygens (including phenoxy) is 2. The van der Waals surface area contributed by atoms with Crippen molar-refractivity contribution in [2.24, 2.45) is 5.92 Å². The summed E-state index contributed by atoms with van der Waals surface area (Å²) in [7, 11) is 1.10. The van der Waals surface area contributed by atoms with Crippen molar-refractivity contribution in [3.8, 4) is 11.5 Å². The van der Waals surface area contributed by atoms with Gasteiger partial charge in [0.05, 0.1) is 23.9 Å². The number of nitrogens with zero attached hydrogens (tertiary/aromatic N) is 1. The Morgan fingerprint density at radius 1 is 1.06 bits per heavy atom. The molecule has 6 nitrogen and oxygen atoms in total. The number of esters is 1. The largest absolute Gasteiger partial charge is 0.465 e. The zero-order chi connectivity index (χ0) is 26.6. The predicted octanol–water partition coefficient (Wildman–Crippen LogP) is 6.56. The molecule has 0 radical (unpaired) electrons. The number of hydrogen-bond donors (Lipinski definition) is 0. The van der Waals surface area contributed by atoms with E-state index >= 15 is 4.39 Å². The van der Waals surface area contributed by atoms with Crippen LogP contribution >= 0.6 is 0 Å². The number of amides is 1. The highest BCUT2D eigenvalue weighted by Gasteiger charge is 2.36. The van der Waals surface area contributed by atoms with Crippen molar-refractivity contribution in [2.75, 3.05) is 12.0 Å². The van der Waals surface area contributed by atoms with E-state index in [0.717, 1.165) is 50.6 Å². The second-order valence-electron chi connectivity index (χ2n) is 8.90. The molecule has 2 aromatic rings. The Bertz CT molecular complexity index is 1140. The summed E-state index contributed by atoms with van der Waals surface area (Å²) in [5.41, 5.74) is -1.81. The molecule has 0 heterocycles. The van der Waals surface area contributed by atoms with Crippen LogP contribution in [0.4, 0.5) is 23.2 Å². The highest BCUT2D eigenvalue weighted by molar-refractivity contribution is 6.04. The van der Waals surface area contributed by atoms with Crippen LogP contribution in [0.5, 0.6) is 11.5 Å². The van der Waals surface area contributed by atoms with Crippen LogP contribution < -0.4 is 9.64 Å². The van der Waals surface area contributed by atoms with Gasteiger partial charge in [0.15, 0.2) is 11.6 Å². The highest BCUT2D eigenvalue weighted by atomic mass is 19.4. The number of benzene rings is 2. The Morgan fingerprint density at radius 3 is 2.28 bits per heavy atom. The summed E-state index contributed by atoms with van der Waals surface area (Å²) in [5, 5.41) is 0. The minimum absolute atomic E-state index is 0.0513. The third-order valence-corrected chi connectivity index (χ3v) is 6.09. The molecule has 0 saturated heterocycles. The van der Waals surface area contributed by atoms with Crippen LogP contribution in [0.25, 0.3) is 0 Å². The summed E-state index contributed by atoms with van der Waals surface area (Å²) in [6, 6.07) is 3.95. The molecule has 1 saturated carbocycles. The van der Waals surface area contributed by atoms with Crippen LogP contribution in [-0.4, -0.2) is 31.3 Å². The van der Waals surface area contributed by atoms with Crippen LogP contribution in [-0.2, 0) is 15.7 Å². The molecule has 2 aromatic carbocycles. The number of halogens is 4. The molecule has 1 aliphatic carbocycles. The summed E-state index contributed by atoms with van der Waals surface area (Å²) in [6.45, 7) is 3.43. The van der Waals surface area contributed by atoms with Crippen molar-refractivity contribution in [3.63, 3.8) is 0 Å². The van der Waals surface area contributed by atoms with Crippen molar-refractivity contribution in [1.29, 1.82) is 0 Å². The molecule has 3 rings (SSSR count). The molecule has 0 spiro atoms. The van der Waals surface area contributed by atoms with Gasteiger partial charge >= 0.3 is 12.1 Å². The molecule has 0 atom stereocenters. The first kappa shape index (κ1) is 27.2. The smallest absolute Gasteiger partial charge is 0.420 e. The fourth-order valence-electron chi connectivity index (χ4n) is 4.34. The Hall–Kier alpha value is -3.43. The number of carbonyl (C=O) groups excluding carboxylic acids is 3. The van der Waals surface area contributed by atoms with E-state index in [4.69, 9.17) is 9.47 Å². The number of carbonyl (C=O) groups is 3. The molecule has 0 aliphatic heterocycles. The van der Waals surface area contributed by atoms with Gasteiger partial charge in [0, 0.05) is 29.7 Å². The number of aldehydes is 1.